The second-order valence-corrected chi connectivity index (χ2v) is 20.4. The first kappa shape index (κ1) is 41.6. The minimum atomic E-state index is -0.536. The van der Waals surface area contributed by atoms with Gasteiger partial charge in [-0.3, -0.25) is 0 Å². The molecule has 2 aliphatic rings. The van der Waals surface area contributed by atoms with Crippen molar-refractivity contribution in [3.05, 3.63) is 288 Å². The maximum absolute atomic E-state index is 6.24. The van der Waals surface area contributed by atoms with Crippen LogP contribution in [0, 0.1) is 0 Å². The lowest BCUT2D eigenvalue weighted by Gasteiger charge is -2.34. The van der Waals surface area contributed by atoms with E-state index in [4.69, 9.17) is 4.42 Å². The first-order valence-electron chi connectivity index (χ1n) is 25.4. The normalized spacial score (nSPS) is 13.8. The van der Waals surface area contributed by atoms with Crippen molar-refractivity contribution in [2.24, 2.45) is 0 Å². The zero-order valence-corrected chi connectivity index (χ0v) is 40.6. The van der Waals surface area contributed by atoms with Crippen molar-refractivity contribution >= 4 is 60.8 Å². The van der Waals surface area contributed by atoms with E-state index in [1.807, 2.05) is 12.1 Å². The summed E-state index contributed by atoms with van der Waals surface area (Å²) in [6, 6.07) is 94.2. The minimum Gasteiger partial charge on any atom is -0.456 e. The second-order valence-electron chi connectivity index (χ2n) is 20.4. The van der Waals surface area contributed by atoms with Gasteiger partial charge in [-0.05, 0) is 134 Å². The molecule has 0 spiro atoms. The molecule has 73 heavy (non-hydrogen) atoms. The highest BCUT2D eigenvalue weighted by Crippen LogP contribution is 2.60. The highest BCUT2D eigenvalue weighted by atomic mass is 16.3. The standard InChI is InChI=1S/C70H48N2O/c1-69(2)61-43-50(37-39-52(61)53-40-38-51(44-62(53)69)72-63-28-14-10-22-54(63)55-23-11-15-29-64(55)72)71(49-35-32-45(33-36-49)46-34-41-67-58(42-46)56-24-12-16-31-66(56)73-67)65-30-17-27-60-68(65)57-25-9-13-26-59(57)70(60,47-18-5-3-6-19-47)48-20-7-4-8-21-48/h3-44H,1-2H3. The van der Waals surface area contributed by atoms with Gasteiger partial charge in [0.1, 0.15) is 11.2 Å². The van der Waals surface area contributed by atoms with Gasteiger partial charge in [-0.25, -0.2) is 0 Å². The number of nitrogens with zero attached hydrogens (tertiary/aromatic N) is 2. The predicted octanol–water partition coefficient (Wildman–Crippen LogP) is 18.5. The largest absolute Gasteiger partial charge is 0.456 e. The third-order valence-corrected chi connectivity index (χ3v) is 16.3. The Balaban J connectivity index is 0.923. The molecule has 0 unspecified atom stereocenters. The lowest BCUT2D eigenvalue weighted by atomic mass is 9.68. The smallest absolute Gasteiger partial charge is 0.135 e. The second kappa shape index (κ2) is 15.7. The number of hydrogen-bond acceptors (Lipinski definition) is 2. The van der Waals surface area contributed by atoms with Crippen LogP contribution in [0.4, 0.5) is 17.1 Å². The Kier molecular flexibility index (Phi) is 8.92. The van der Waals surface area contributed by atoms with Crippen molar-refractivity contribution in [3.8, 4) is 39.1 Å². The van der Waals surface area contributed by atoms with Crippen LogP contribution >= 0.6 is 0 Å². The molecule has 2 aromatic heterocycles. The van der Waals surface area contributed by atoms with Crippen LogP contribution < -0.4 is 4.90 Å². The van der Waals surface area contributed by atoms with Crippen molar-refractivity contribution < 1.29 is 4.42 Å². The summed E-state index contributed by atoms with van der Waals surface area (Å²) in [5.41, 5.74) is 23.0. The van der Waals surface area contributed by atoms with Crippen molar-refractivity contribution in [1.29, 1.82) is 0 Å². The quantitative estimate of drug-likeness (QED) is 0.159. The molecule has 2 heterocycles. The van der Waals surface area contributed by atoms with Crippen molar-refractivity contribution in [1.82, 2.24) is 4.57 Å². The molecule has 11 aromatic carbocycles. The lowest BCUT2D eigenvalue weighted by molar-refractivity contribution is 0.660. The lowest BCUT2D eigenvalue weighted by Crippen LogP contribution is -2.28. The fourth-order valence-corrected chi connectivity index (χ4v) is 13.0. The summed E-state index contributed by atoms with van der Waals surface area (Å²) < 4.78 is 8.68. The Hall–Kier alpha value is -9.18. The third kappa shape index (κ3) is 5.94. The van der Waals surface area contributed by atoms with E-state index in [1.54, 1.807) is 0 Å². The number of para-hydroxylation sites is 3. The Labute approximate surface area is 424 Å². The topological polar surface area (TPSA) is 21.3 Å². The van der Waals surface area contributed by atoms with Gasteiger partial charge in [0.25, 0.3) is 0 Å². The van der Waals surface area contributed by atoms with Crippen LogP contribution in [0.15, 0.2) is 259 Å². The van der Waals surface area contributed by atoms with Crippen molar-refractivity contribution in [3.63, 3.8) is 0 Å². The zero-order chi connectivity index (χ0) is 48.4. The van der Waals surface area contributed by atoms with E-state index >= 15 is 0 Å². The molecular weight excluding hydrogens is 885 g/mol. The number of anilines is 3. The highest BCUT2D eigenvalue weighted by molar-refractivity contribution is 6.10. The predicted molar refractivity (Wildman–Crippen MR) is 303 cm³/mol. The van der Waals surface area contributed by atoms with E-state index < -0.39 is 5.41 Å². The SMILES string of the molecule is CC1(C)c2cc(N(c3ccc(-c4ccc5oc6ccccc6c5c4)cc3)c3cccc4c3-c3ccccc3C4(c3ccccc3)c3ccccc3)ccc2-c2ccc(-n3c4ccccc4c4ccccc43)cc21. The van der Waals surface area contributed by atoms with Gasteiger partial charge in [0.05, 0.1) is 22.1 Å². The van der Waals surface area contributed by atoms with Crippen LogP contribution in [-0.2, 0) is 10.8 Å². The number of rotatable bonds is 7. The summed E-state index contributed by atoms with van der Waals surface area (Å²) in [4.78, 5) is 2.51. The van der Waals surface area contributed by atoms with E-state index in [0.29, 0.717) is 0 Å². The van der Waals surface area contributed by atoms with E-state index in [1.165, 1.54) is 83.1 Å². The minimum absolute atomic E-state index is 0.290. The van der Waals surface area contributed by atoms with Crippen LogP contribution in [-0.4, -0.2) is 4.57 Å². The van der Waals surface area contributed by atoms with Crippen LogP contribution in [0.2, 0.25) is 0 Å². The van der Waals surface area contributed by atoms with Gasteiger partial charge >= 0.3 is 0 Å². The molecule has 0 aliphatic heterocycles. The number of fused-ring (bicyclic) bond motifs is 12. The summed E-state index contributed by atoms with van der Waals surface area (Å²) in [5, 5.41) is 4.80. The van der Waals surface area contributed by atoms with E-state index in [2.05, 4.69) is 266 Å². The Bertz CT molecular complexity index is 4250. The van der Waals surface area contributed by atoms with Gasteiger partial charge in [-0.1, -0.05) is 196 Å². The van der Waals surface area contributed by atoms with Gasteiger partial charge in [-0.15, -0.1) is 0 Å². The van der Waals surface area contributed by atoms with Crippen molar-refractivity contribution in [2.45, 2.75) is 24.7 Å². The third-order valence-electron chi connectivity index (χ3n) is 16.3. The summed E-state index contributed by atoms with van der Waals surface area (Å²) >= 11 is 0. The van der Waals surface area contributed by atoms with Gasteiger partial charge in [0.15, 0.2) is 0 Å². The number of furan rings is 1. The molecule has 0 saturated carbocycles. The monoisotopic (exact) mass is 932 g/mol. The number of benzene rings is 11. The average Bonchev–Trinajstić information content (AvgIpc) is 4.15. The zero-order valence-electron chi connectivity index (χ0n) is 40.6. The van der Waals surface area contributed by atoms with Crippen molar-refractivity contribution in [2.75, 3.05) is 4.90 Å². The van der Waals surface area contributed by atoms with Crippen LogP contribution in [0.5, 0.6) is 0 Å². The van der Waals surface area contributed by atoms with Gasteiger partial charge < -0.3 is 13.9 Å². The van der Waals surface area contributed by atoms with Gasteiger partial charge in [-0.2, -0.15) is 0 Å². The van der Waals surface area contributed by atoms with E-state index in [0.717, 1.165) is 50.1 Å². The molecule has 3 heteroatoms. The number of hydrogen-bond donors (Lipinski definition) is 0. The molecule has 0 bridgehead atoms. The summed E-state index contributed by atoms with van der Waals surface area (Å²) in [5.74, 6) is 0. The molecule has 0 fully saturated rings. The molecule has 2 aliphatic carbocycles. The summed E-state index contributed by atoms with van der Waals surface area (Å²) in [6.45, 7) is 4.81. The average molecular weight is 933 g/mol. The molecule has 0 N–H and O–H groups in total. The molecule has 0 radical (unpaired) electrons. The number of aromatic nitrogens is 1. The Morgan fingerprint density at radius 1 is 0.370 bits per heavy atom. The van der Waals surface area contributed by atoms with Gasteiger partial charge in [0, 0.05) is 49.6 Å². The first-order chi connectivity index (χ1) is 36.0. The van der Waals surface area contributed by atoms with Gasteiger partial charge in [0.2, 0.25) is 0 Å². The van der Waals surface area contributed by atoms with Crippen LogP contribution in [0.1, 0.15) is 47.2 Å². The van der Waals surface area contributed by atoms with E-state index in [9.17, 15) is 0 Å². The summed E-state index contributed by atoms with van der Waals surface area (Å²) in [6.07, 6.45) is 0. The summed E-state index contributed by atoms with van der Waals surface area (Å²) in [7, 11) is 0. The molecular formula is C70H48N2O. The van der Waals surface area contributed by atoms with Crippen LogP contribution in [0.3, 0.4) is 0 Å². The Morgan fingerprint density at radius 3 is 1.66 bits per heavy atom. The molecule has 344 valence electrons. The molecule has 13 aromatic rings. The molecule has 15 rings (SSSR count). The molecule has 0 saturated heterocycles. The van der Waals surface area contributed by atoms with E-state index in [-0.39, 0.29) is 5.41 Å². The van der Waals surface area contributed by atoms with Crippen LogP contribution in [0.25, 0.3) is 82.8 Å². The fraction of sp³-hybridized carbons (Fsp3) is 0.0571. The highest BCUT2D eigenvalue weighted by Gasteiger charge is 2.47. The first-order valence-corrected chi connectivity index (χ1v) is 25.4. The maximum Gasteiger partial charge on any atom is 0.135 e. The molecule has 3 nitrogen and oxygen atoms in total. The maximum atomic E-state index is 6.24. The fourth-order valence-electron chi connectivity index (χ4n) is 13.0. The molecule has 0 amide bonds. The molecule has 0 atom stereocenters. The Morgan fingerprint density at radius 2 is 0.932 bits per heavy atom.